The second-order valence-corrected chi connectivity index (χ2v) is 4.24. The summed E-state index contributed by atoms with van der Waals surface area (Å²) < 4.78 is 0. The number of aromatic hydroxyl groups is 2. The number of benzene rings is 2. The van der Waals surface area contributed by atoms with Crippen LogP contribution in [0.2, 0.25) is 0 Å². The van der Waals surface area contributed by atoms with Crippen LogP contribution in [-0.2, 0) is 0 Å². The fourth-order valence-electron chi connectivity index (χ4n) is 2.27. The molecule has 0 spiro atoms. The van der Waals surface area contributed by atoms with Crippen molar-refractivity contribution in [2.45, 2.75) is 5.92 Å². The lowest BCUT2D eigenvalue weighted by Crippen LogP contribution is -1.95. The molecule has 1 unspecified atom stereocenters. The summed E-state index contributed by atoms with van der Waals surface area (Å²) in [5.41, 5.74) is 3.39. The highest BCUT2D eigenvalue weighted by Crippen LogP contribution is 2.37. The van der Waals surface area contributed by atoms with Crippen LogP contribution in [0.5, 0.6) is 11.5 Å². The van der Waals surface area contributed by atoms with Crippen molar-refractivity contribution in [1.82, 2.24) is 0 Å². The number of hydrogen-bond donors (Lipinski definition) is 2. The van der Waals surface area contributed by atoms with Gasteiger partial charge in [-0.25, -0.2) is 0 Å². The topological polar surface area (TPSA) is 40.5 Å². The Labute approximate surface area is 99.5 Å². The van der Waals surface area contributed by atoms with Crippen LogP contribution in [0.3, 0.4) is 0 Å². The summed E-state index contributed by atoms with van der Waals surface area (Å²) in [6, 6.07) is 12.7. The second-order valence-electron chi connectivity index (χ2n) is 4.24. The molecule has 0 aliphatic heterocycles. The van der Waals surface area contributed by atoms with Gasteiger partial charge in [-0.1, -0.05) is 30.4 Å². The molecule has 0 bridgehead atoms. The van der Waals surface area contributed by atoms with Crippen LogP contribution in [-0.4, -0.2) is 10.2 Å². The average Bonchev–Trinajstić information content (AvgIpc) is 2.73. The predicted octanol–water partition coefficient (Wildman–Crippen LogP) is 3.26. The van der Waals surface area contributed by atoms with Crippen LogP contribution in [0.4, 0.5) is 0 Å². The van der Waals surface area contributed by atoms with E-state index in [4.69, 9.17) is 0 Å². The summed E-state index contributed by atoms with van der Waals surface area (Å²) >= 11 is 0. The maximum absolute atomic E-state index is 9.42. The highest BCUT2D eigenvalue weighted by molar-refractivity contribution is 5.66. The van der Waals surface area contributed by atoms with E-state index in [2.05, 4.69) is 6.08 Å². The highest BCUT2D eigenvalue weighted by atomic mass is 16.3. The van der Waals surface area contributed by atoms with E-state index >= 15 is 0 Å². The highest BCUT2D eigenvalue weighted by Gasteiger charge is 2.19. The third-order valence-electron chi connectivity index (χ3n) is 3.13. The number of rotatable bonds is 1. The van der Waals surface area contributed by atoms with Gasteiger partial charge >= 0.3 is 0 Å². The molecule has 0 saturated carbocycles. The maximum Gasteiger partial charge on any atom is 0.116 e. The van der Waals surface area contributed by atoms with Gasteiger partial charge in [-0.15, -0.1) is 0 Å². The first-order valence-electron chi connectivity index (χ1n) is 5.54. The Hall–Kier alpha value is -2.22. The Bertz CT molecular complexity index is 582. The molecular weight excluding hydrogens is 212 g/mol. The molecule has 0 fully saturated rings. The summed E-state index contributed by atoms with van der Waals surface area (Å²) in [4.78, 5) is 0. The zero-order valence-corrected chi connectivity index (χ0v) is 9.17. The summed E-state index contributed by atoms with van der Waals surface area (Å²) in [5.74, 6) is 0.785. The normalized spacial score (nSPS) is 17.1. The van der Waals surface area contributed by atoms with Crippen LogP contribution in [0.25, 0.3) is 6.08 Å². The zero-order valence-electron chi connectivity index (χ0n) is 9.17. The maximum atomic E-state index is 9.42. The fraction of sp³-hybridized carbons (Fsp3) is 0.0667. The van der Waals surface area contributed by atoms with Gasteiger partial charge in [-0.2, -0.15) is 0 Å². The fourth-order valence-corrected chi connectivity index (χ4v) is 2.27. The average molecular weight is 224 g/mol. The van der Waals surface area contributed by atoms with E-state index in [1.807, 2.05) is 24.3 Å². The zero-order chi connectivity index (χ0) is 11.8. The van der Waals surface area contributed by atoms with Gasteiger partial charge in [0.05, 0.1) is 0 Å². The first kappa shape index (κ1) is 9.97. The van der Waals surface area contributed by atoms with Gasteiger partial charge in [0.25, 0.3) is 0 Å². The molecule has 2 aromatic rings. The van der Waals surface area contributed by atoms with Crippen molar-refractivity contribution < 1.29 is 10.2 Å². The molecular formula is C15H12O2. The van der Waals surface area contributed by atoms with Crippen molar-refractivity contribution in [3.8, 4) is 11.5 Å². The molecule has 2 aromatic carbocycles. The van der Waals surface area contributed by atoms with E-state index < -0.39 is 0 Å². The van der Waals surface area contributed by atoms with Gasteiger partial charge in [-0.3, -0.25) is 0 Å². The van der Waals surface area contributed by atoms with Gasteiger partial charge in [0.2, 0.25) is 0 Å². The first-order chi connectivity index (χ1) is 8.24. The third kappa shape index (κ3) is 1.68. The molecule has 0 aromatic heterocycles. The summed E-state index contributed by atoms with van der Waals surface area (Å²) in [7, 11) is 0. The largest absolute Gasteiger partial charge is 0.508 e. The number of phenols is 2. The van der Waals surface area contributed by atoms with Gasteiger partial charge in [-0.05, 0) is 41.0 Å². The Balaban J connectivity index is 2.04. The molecule has 0 radical (unpaired) electrons. The Morgan fingerprint density at radius 2 is 1.53 bits per heavy atom. The molecule has 3 rings (SSSR count). The van der Waals surface area contributed by atoms with Crippen molar-refractivity contribution in [2.75, 3.05) is 0 Å². The van der Waals surface area contributed by atoms with Gasteiger partial charge < -0.3 is 10.2 Å². The Morgan fingerprint density at radius 3 is 2.29 bits per heavy atom. The SMILES string of the molecule is Oc1ccc(C2C=Cc3cc(O)ccc32)cc1. The van der Waals surface area contributed by atoms with Crippen LogP contribution < -0.4 is 0 Å². The first-order valence-corrected chi connectivity index (χ1v) is 5.54. The van der Waals surface area contributed by atoms with E-state index in [1.165, 1.54) is 5.56 Å². The minimum absolute atomic E-state index is 0.214. The lowest BCUT2D eigenvalue weighted by molar-refractivity contribution is 0.475. The molecule has 84 valence electrons. The number of hydrogen-bond acceptors (Lipinski definition) is 2. The van der Waals surface area contributed by atoms with Gasteiger partial charge in [0.15, 0.2) is 0 Å². The van der Waals surface area contributed by atoms with Crippen LogP contribution >= 0.6 is 0 Å². The van der Waals surface area contributed by atoms with Gasteiger partial charge in [0.1, 0.15) is 11.5 Å². The Kier molecular flexibility index (Phi) is 2.15. The molecule has 17 heavy (non-hydrogen) atoms. The van der Waals surface area contributed by atoms with E-state index in [9.17, 15) is 10.2 Å². The lowest BCUT2D eigenvalue weighted by Gasteiger charge is -2.11. The van der Waals surface area contributed by atoms with Crippen LogP contribution in [0.1, 0.15) is 22.6 Å². The number of fused-ring (bicyclic) bond motifs is 1. The van der Waals surface area contributed by atoms with E-state index in [1.54, 1.807) is 24.3 Å². The van der Waals surface area contributed by atoms with E-state index in [0.717, 1.165) is 11.1 Å². The molecule has 0 heterocycles. The Morgan fingerprint density at radius 1 is 0.824 bits per heavy atom. The molecule has 2 heteroatoms. The smallest absolute Gasteiger partial charge is 0.116 e. The van der Waals surface area contributed by atoms with Crippen molar-refractivity contribution in [3.05, 3.63) is 65.2 Å². The molecule has 0 amide bonds. The van der Waals surface area contributed by atoms with Crippen LogP contribution in [0.15, 0.2) is 48.5 Å². The molecule has 2 N–H and O–H groups in total. The van der Waals surface area contributed by atoms with Crippen molar-refractivity contribution in [2.24, 2.45) is 0 Å². The molecule has 1 aliphatic carbocycles. The second kappa shape index (κ2) is 3.67. The molecule has 1 aliphatic rings. The summed E-state index contributed by atoms with van der Waals surface area (Å²) in [5, 5.41) is 18.7. The predicted molar refractivity (Wildman–Crippen MR) is 67.1 cm³/mol. The van der Waals surface area contributed by atoms with Crippen molar-refractivity contribution in [1.29, 1.82) is 0 Å². The number of allylic oxidation sites excluding steroid dienone is 1. The van der Waals surface area contributed by atoms with Gasteiger partial charge in [0, 0.05) is 5.92 Å². The van der Waals surface area contributed by atoms with E-state index in [0.29, 0.717) is 5.75 Å². The molecule has 0 saturated heterocycles. The van der Waals surface area contributed by atoms with Crippen molar-refractivity contribution >= 4 is 6.08 Å². The quantitative estimate of drug-likeness (QED) is 0.780. The standard InChI is InChI=1S/C15H12O2/c16-12-4-1-10(2-5-12)14-7-3-11-9-13(17)6-8-15(11)14/h1-9,14,16-17H. The van der Waals surface area contributed by atoms with Crippen molar-refractivity contribution in [3.63, 3.8) is 0 Å². The molecule has 2 nitrogen and oxygen atoms in total. The monoisotopic (exact) mass is 224 g/mol. The summed E-state index contributed by atoms with van der Waals surface area (Å²) in [6.45, 7) is 0. The number of phenolic OH excluding ortho intramolecular Hbond substituents is 2. The summed E-state index contributed by atoms with van der Waals surface area (Å²) in [6.07, 6.45) is 4.13. The van der Waals surface area contributed by atoms with E-state index in [-0.39, 0.29) is 11.7 Å². The molecule has 1 atom stereocenters. The lowest BCUT2D eigenvalue weighted by atomic mass is 9.93. The third-order valence-corrected chi connectivity index (χ3v) is 3.13. The minimum Gasteiger partial charge on any atom is -0.508 e. The minimum atomic E-state index is 0.214. The van der Waals surface area contributed by atoms with Crippen LogP contribution in [0, 0.1) is 0 Å².